The Morgan fingerprint density at radius 3 is 2.08 bits per heavy atom. The predicted molar refractivity (Wildman–Crippen MR) is 109 cm³/mol. The van der Waals surface area contributed by atoms with Gasteiger partial charge in [-0.25, -0.2) is 0 Å². The highest BCUT2D eigenvalue weighted by atomic mass is 15.2. The van der Waals surface area contributed by atoms with Gasteiger partial charge >= 0.3 is 0 Å². The number of benzene rings is 2. The lowest BCUT2D eigenvalue weighted by atomic mass is 10.1. The molecule has 0 aliphatic carbocycles. The van der Waals surface area contributed by atoms with Crippen LogP contribution in [-0.4, -0.2) is 37.8 Å². The van der Waals surface area contributed by atoms with Crippen LogP contribution in [0.2, 0.25) is 0 Å². The van der Waals surface area contributed by atoms with Crippen molar-refractivity contribution in [3.8, 4) is 0 Å². The molecule has 0 saturated carbocycles. The molecule has 4 N–H and O–H groups in total. The monoisotopic (exact) mass is 340 g/mol. The summed E-state index contributed by atoms with van der Waals surface area (Å²) in [6.45, 7) is 9.17. The zero-order chi connectivity index (χ0) is 18.1. The smallest absolute Gasteiger partial charge is 0.0435 e. The lowest BCUT2D eigenvalue weighted by Crippen LogP contribution is -2.47. The van der Waals surface area contributed by atoms with Gasteiger partial charge in [0.2, 0.25) is 0 Å². The third-order valence-corrected chi connectivity index (χ3v) is 4.25. The Bertz CT molecular complexity index is 585. The summed E-state index contributed by atoms with van der Waals surface area (Å²) in [5.41, 5.74) is 8.28. The van der Waals surface area contributed by atoms with Crippen LogP contribution >= 0.6 is 0 Å². The molecule has 25 heavy (non-hydrogen) atoms. The zero-order valence-electron chi connectivity index (χ0n) is 15.7. The maximum atomic E-state index is 5.87. The number of para-hydroxylation sites is 2. The van der Waals surface area contributed by atoms with E-state index in [4.69, 9.17) is 5.73 Å². The van der Waals surface area contributed by atoms with Crippen LogP contribution in [0.25, 0.3) is 0 Å². The van der Waals surface area contributed by atoms with E-state index in [0.29, 0.717) is 12.1 Å². The minimum absolute atomic E-state index is 0.171. The van der Waals surface area contributed by atoms with E-state index >= 15 is 0 Å². The van der Waals surface area contributed by atoms with Gasteiger partial charge in [-0.2, -0.15) is 0 Å². The summed E-state index contributed by atoms with van der Waals surface area (Å²) < 4.78 is 0. The number of hydrogen-bond acceptors (Lipinski definition) is 4. The quantitative estimate of drug-likeness (QED) is 0.621. The van der Waals surface area contributed by atoms with Crippen LogP contribution in [0.3, 0.4) is 0 Å². The lowest BCUT2D eigenvalue weighted by Gasteiger charge is -2.34. The van der Waals surface area contributed by atoms with Crippen LogP contribution in [0.5, 0.6) is 0 Å². The number of anilines is 2. The number of nitrogens with zero attached hydrogens (tertiary/aromatic N) is 1. The highest BCUT2D eigenvalue weighted by Gasteiger charge is 2.17. The molecule has 0 radical (unpaired) electrons. The van der Waals surface area contributed by atoms with Crippen molar-refractivity contribution < 1.29 is 0 Å². The van der Waals surface area contributed by atoms with Crippen molar-refractivity contribution in [1.29, 1.82) is 0 Å². The molecule has 0 heterocycles. The van der Waals surface area contributed by atoms with E-state index in [0.717, 1.165) is 25.3 Å². The zero-order valence-corrected chi connectivity index (χ0v) is 15.7. The first-order valence-corrected chi connectivity index (χ1v) is 9.16. The summed E-state index contributed by atoms with van der Waals surface area (Å²) in [6.07, 6.45) is 0. The molecule has 3 atom stereocenters. The Kier molecular flexibility index (Phi) is 7.76. The lowest BCUT2D eigenvalue weighted by molar-refractivity contribution is 0.493. The summed E-state index contributed by atoms with van der Waals surface area (Å²) in [7, 11) is 0. The molecule has 0 aliphatic heterocycles. The average Bonchev–Trinajstić information content (AvgIpc) is 2.64. The van der Waals surface area contributed by atoms with E-state index in [1.807, 2.05) is 13.0 Å². The molecule has 4 nitrogen and oxygen atoms in total. The molecule has 0 bridgehead atoms. The van der Waals surface area contributed by atoms with Gasteiger partial charge < -0.3 is 21.3 Å². The molecule has 0 spiro atoms. The summed E-state index contributed by atoms with van der Waals surface area (Å²) in [4.78, 5) is 2.45. The minimum Gasteiger partial charge on any atom is -0.383 e. The number of nitrogens with two attached hydrogens (primary N) is 1. The van der Waals surface area contributed by atoms with Crippen LogP contribution in [0.15, 0.2) is 60.7 Å². The summed E-state index contributed by atoms with van der Waals surface area (Å²) in [5.74, 6) is 0. The van der Waals surface area contributed by atoms with Gasteiger partial charge in [0.25, 0.3) is 0 Å². The topological polar surface area (TPSA) is 53.3 Å². The second kappa shape index (κ2) is 10.1. The Morgan fingerprint density at radius 2 is 1.48 bits per heavy atom. The fourth-order valence-corrected chi connectivity index (χ4v) is 2.84. The Balaban J connectivity index is 2.00. The van der Waals surface area contributed by atoms with Crippen LogP contribution in [0.1, 0.15) is 20.8 Å². The van der Waals surface area contributed by atoms with E-state index < -0.39 is 0 Å². The molecule has 2 rings (SSSR count). The Morgan fingerprint density at radius 1 is 0.880 bits per heavy atom. The SMILES string of the molecule is CC(N)CNC(C)CN(c1ccccc1)C(C)CNc1ccccc1. The molecular weight excluding hydrogens is 308 g/mol. The summed E-state index contributed by atoms with van der Waals surface area (Å²) >= 11 is 0. The van der Waals surface area contributed by atoms with Crippen molar-refractivity contribution in [2.75, 3.05) is 29.9 Å². The van der Waals surface area contributed by atoms with Crippen LogP contribution in [0, 0.1) is 0 Å². The van der Waals surface area contributed by atoms with E-state index in [-0.39, 0.29) is 6.04 Å². The number of hydrogen-bond donors (Lipinski definition) is 3. The van der Waals surface area contributed by atoms with Crippen molar-refractivity contribution in [3.05, 3.63) is 60.7 Å². The van der Waals surface area contributed by atoms with Gasteiger partial charge in [-0.15, -0.1) is 0 Å². The van der Waals surface area contributed by atoms with E-state index in [2.05, 4.69) is 84.0 Å². The third-order valence-electron chi connectivity index (χ3n) is 4.25. The van der Waals surface area contributed by atoms with Gasteiger partial charge in [0.1, 0.15) is 0 Å². The first-order valence-electron chi connectivity index (χ1n) is 9.16. The number of rotatable bonds is 10. The van der Waals surface area contributed by atoms with Crippen molar-refractivity contribution in [2.45, 2.75) is 38.9 Å². The molecule has 3 unspecified atom stereocenters. The fraction of sp³-hybridized carbons (Fsp3) is 0.429. The van der Waals surface area contributed by atoms with Gasteiger partial charge in [0.05, 0.1) is 0 Å². The molecule has 0 amide bonds. The standard InChI is InChI=1S/C21H32N4/c1-17(22)14-23-18(2)16-25(21-12-8-5-9-13-21)19(3)15-24-20-10-6-4-7-11-20/h4-13,17-19,23-24H,14-16,22H2,1-3H3. The number of nitrogens with one attached hydrogen (secondary N) is 2. The molecule has 136 valence electrons. The Hall–Kier alpha value is -2.04. The van der Waals surface area contributed by atoms with Gasteiger partial charge in [0.15, 0.2) is 0 Å². The van der Waals surface area contributed by atoms with Crippen LogP contribution in [0.4, 0.5) is 11.4 Å². The van der Waals surface area contributed by atoms with Crippen molar-refractivity contribution in [1.82, 2.24) is 5.32 Å². The fourth-order valence-electron chi connectivity index (χ4n) is 2.84. The molecule has 0 aliphatic rings. The molecule has 0 aromatic heterocycles. The second-order valence-electron chi connectivity index (χ2n) is 6.87. The normalized spacial score (nSPS) is 14.6. The van der Waals surface area contributed by atoms with Gasteiger partial charge in [-0.3, -0.25) is 0 Å². The maximum absolute atomic E-state index is 5.87. The molecule has 0 fully saturated rings. The maximum Gasteiger partial charge on any atom is 0.0435 e. The third kappa shape index (κ3) is 6.77. The Labute approximate surface area is 152 Å². The highest BCUT2D eigenvalue weighted by Crippen LogP contribution is 2.18. The van der Waals surface area contributed by atoms with Crippen molar-refractivity contribution >= 4 is 11.4 Å². The van der Waals surface area contributed by atoms with E-state index in [1.165, 1.54) is 5.69 Å². The van der Waals surface area contributed by atoms with Crippen LogP contribution < -0.4 is 21.3 Å². The van der Waals surface area contributed by atoms with Crippen molar-refractivity contribution in [2.24, 2.45) is 5.73 Å². The first kappa shape index (κ1) is 19.3. The van der Waals surface area contributed by atoms with Gasteiger partial charge in [-0.05, 0) is 45.0 Å². The van der Waals surface area contributed by atoms with Crippen LogP contribution in [-0.2, 0) is 0 Å². The average molecular weight is 341 g/mol. The summed E-state index contributed by atoms with van der Waals surface area (Å²) in [5, 5.41) is 7.06. The second-order valence-corrected chi connectivity index (χ2v) is 6.87. The van der Waals surface area contributed by atoms with E-state index in [1.54, 1.807) is 0 Å². The van der Waals surface area contributed by atoms with Gasteiger partial charge in [0, 0.05) is 49.1 Å². The molecule has 2 aromatic carbocycles. The largest absolute Gasteiger partial charge is 0.383 e. The first-order chi connectivity index (χ1) is 12.1. The van der Waals surface area contributed by atoms with Gasteiger partial charge in [-0.1, -0.05) is 36.4 Å². The molecule has 4 heteroatoms. The summed E-state index contributed by atoms with van der Waals surface area (Å²) in [6, 6.07) is 21.9. The molecule has 2 aromatic rings. The predicted octanol–water partition coefficient (Wildman–Crippen LogP) is 3.32. The molecular formula is C21H32N4. The van der Waals surface area contributed by atoms with E-state index in [9.17, 15) is 0 Å². The minimum atomic E-state index is 0.171. The van der Waals surface area contributed by atoms with Crippen molar-refractivity contribution in [3.63, 3.8) is 0 Å². The highest BCUT2D eigenvalue weighted by molar-refractivity contribution is 5.48. The molecule has 0 saturated heterocycles.